The second kappa shape index (κ2) is 7.20. The van der Waals surface area contributed by atoms with Crippen LogP contribution in [0.4, 0.5) is 0 Å². The number of nitrogens with zero attached hydrogens (tertiary/aromatic N) is 3. The molecule has 3 aliphatic rings. The molecule has 2 N–H and O–H groups in total. The van der Waals surface area contributed by atoms with Crippen molar-refractivity contribution in [2.45, 2.75) is 4.90 Å². The Morgan fingerprint density at radius 2 is 1.84 bits per heavy atom. The van der Waals surface area contributed by atoms with Gasteiger partial charge in [-0.2, -0.15) is 19.1 Å². The van der Waals surface area contributed by atoms with Crippen LogP contribution >= 0.6 is 0 Å². The molecule has 4 rings (SSSR count). The van der Waals surface area contributed by atoms with Crippen LogP contribution in [0.25, 0.3) is 21.9 Å². The highest BCUT2D eigenvalue weighted by Crippen LogP contribution is 2.32. The first-order valence-corrected chi connectivity index (χ1v) is 8.72. The number of benzene rings is 1. The van der Waals surface area contributed by atoms with Crippen LogP contribution < -0.4 is 5.53 Å². The van der Waals surface area contributed by atoms with Crippen molar-refractivity contribution in [3.8, 4) is 11.1 Å². The molecule has 0 saturated carbocycles. The maximum absolute atomic E-state index is 11.3. The van der Waals surface area contributed by atoms with Crippen molar-refractivity contribution in [3.05, 3.63) is 66.9 Å². The molecule has 1 aromatic carbocycles. The van der Waals surface area contributed by atoms with Crippen molar-refractivity contribution in [2.75, 3.05) is 0 Å². The van der Waals surface area contributed by atoms with Gasteiger partial charge < -0.3 is 0 Å². The molecule has 1 aliphatic heterocycles. The average molecular weight is 354 g/mol. The Kier molecular flexibility index (Phi) is 4.82. The Bertz CT molecular complexity index is 1040. The topological polar surface area (TPSA) is 103 Å². The number of rotatable bonds is 1. The van der Waals surface area contributed by atoms with Gasteiger partial charge in [-0.1, -0.05) is 47.7 Å². The van der Waals surface area contributed by atoms with Gasteiger partial charge in [0.15, 0.2) is 0 Å². The van der Waals surface area contributed by atoms with Gasteiger partial charge in [-0.15, -0.1) is 5.11 Å². The second-order valence-electron chi connectivity index (χ2n) is 5.08. The predicted octanol–water partition coefficient (Wildman–Crippen LogP) is 3.65. The van der Waals surface area contributed by atoms with E-state index in [1.54, 1.807) is 18.5 Å². The number of hydrogen-bond acceptors (Lipinski definition) is 6. The lowest BCUT2D eigenvalue weighted by atomic mass is 10.1. The van der Waals surface area contributed by atoms with Crippen molar-refractivity contribution in [3.63, 3.8) is 0 Å². The van der Waals surface area contributed by atoms with Gasteiger partial charge in [0.1, 0.15) is 0 Å². The zero-order valence-electron chi connectivity index (χ0n) is 12.9. The number of nitrogens with one attached hydrogen (secondary N) is 1. The summed E-state index contributed by atoms with van der Waals surface area (Å²) in [7, 11) is -4.21. The molecule has 0 amide bonds. The van der Waals surface area contributed by atoms with Crippen molar-refractivity contribution >= 4 is 27.1 Å². The van der Waals surface area contributed by atoms with Gasteiger partial charge in [0.05, 0.1) is 17.3 Å². The molecule has 1 heterocycles. The molecular formula is C17H14N4O3S. The number of fused-ring (bicyclic) bond motifs is 3. The third kappa shape index (κ3) is 4.06. The molecule has 0 unspecified atom stereocenters. The van der Waals surface area contributed by atoms with Gasteiger partial charge in [0.25, 0.3) is 10.1 Å². The van der Waals surface area contributed by atoms with E-state index in [1.165, 1.54) is 12.1 Å². The minimum Gasteiger partial charge on any atom is -0.282 e. The summed E-state index contributed by atoms with van der Waals surface area (Å²) in [5.41, 5.74) is 4.08. The van der Waals surface area contributed by atoms with Crippen LogP contribution in [-0.2, 0) is 10.1 Å². The normalized spacial score (nSPS) is 13.2. The third-order valence-electron chi connectivity index (χ3n) is 3.47. The van der Waals surface area contributed by atoms with Gasteiger partial charge >= 0.3 is 0 Å². The Labute approximate surface area is 144 Å². The summed E-state index contributed by atoms with van der Waals surface area (Å²) in [6.07, 6.45) is 4.80. The third-order valence-corrected chi connectivity index (χ3v) is 4.30. The van der Waals surface area contributed by atoms with Crippen molar-refractivity contribution in [2.24, 2.45) is 15.4 Å². The molecule has 0 bridgehead atoms. The maximum atomic E-state index is 11.3. The number of hydrogen-bond donors (Lipinski definition) is 2. The smallest absolute Gasteiger partial charge is 0.282 e. The molecule has 7 nitrogen and oxygen atoms in total. The fourth-order valence-corrected chi connectivity index (χ4v) is 2.96. The first-order valence-electron chi connectivity index (χ1n) is 7.28. The predicted molar refractivity (Wildman–Crippen MR) is 96.0 cm³/mol. The Morgan fingerprint density at radius 3 is 2.68 bits per heavy atom. The highest BCUT2D eigenvalue weighted by molar-refractivity contribution is 7.85. The molecule has 1 aromatic rings. The van der Waals surface area contributed by atoms with Crippen LogP contribution in [0.1, 0.15) is 0 Å². The van der Waals surface area contributed by atoms with E-state index < -0.39 is 10.1 Å². The van der Waals surface area contributed by atoms with Gasteiger partial charge in [0, 0.05) is 0 Å². The molecule has 8 heteroatoms. The first kappa shape index (κ1) is 16.7. The average Bonchev–Trinajstić information content (AvgIpc) is 2.79. The number of allylic oxidation sites excluding steroid dienone is 1. The molecule has 0 saturated heterocycles. The second-order valence-corrected chi connectivity index (χ2v) is 6.50. The fraction of sp³-hybridized carbons (Fsp3) is 0. The SMILES string of the molecule is C1=CN=NNN=C1.O=S(=O)(O)c1cc2cccc-2c2ccccc2c1. The molecule has 0 spiro atoms. The summed E-state index contributed by atoms with van der Waals surface area (Å²) < 4.78 is 31.9. The largest absolute Gasteiger partial charge is 0.294 e. The van der Waals surface area contributed by atoms with Crippen LogP contribution in [-0.4, -0.2) is 19.2 Å². The molecule has 0 radical (unpaired) electrons. The summed E-state index contributed by atoms with van der Waals surface area (Å²) in [4.78, 5) is -0.0834. The van der Waals surface area contributed by atoms with E-state index >= 15 is 0 Å². The van der Waals surface area contributed by atoms with Crippen molar-refractivity contribution in [1.82, 2.24) is 5.53 Å². The zero-order chi connectivity index (χ0) is 17.7. The molecule has 126 valence electrons. The molecule has 0 fully saturated rings. The Morgan fingerprint density at radius 1 is 1.00 bits per heavy atom. The summed E-state index contributed by atoms with van der Waals surface area (Å²) in [6, 6.07) is 16.1. The molecular weight excluding hydrogens is 340 g/mol. The van der Waals surface area contributed by atoms with Crippen molar-refractivity contribution < 1.29 is 13.0 Å². The van der Waals surface area contributed by atoms with Gasteiger partial charge in [-0.25, -0.2) is 0 Å². The van der Waals surface area contributed by atoms with E-state index in [0.29, 0.717) is 0 Å². The van der Waals surface area contributed by atoms with Gasteiger partial charge in [-0.05, 0) is 40.1 Å². The lowest BCUT2D eigenvalue weighted by Crippen LogP contribution is -1.96. The fourth-order valence-electron chi connectivity index (χ4n) is 2.41. The van der Waals surface area contributed by atoms with Crippen molar-refractivity contribution in [1.29, 1.82) is 0 Å². The maximum Gasteiger partial charge on any atom is 0.294 e. The summed E-state index contributed by atoms with van der Waals surface area (Å²) in [5, 5.41) is 12.1. The Hall–Kier alpha value is -3.10. The summed E-state index contributed by atoms with van der Waals surface area (Å²) >= 11 is 0. The van der Waals surface area contributed by atoms with Gasteiger partial charge in [0.2, 0.25) is 0 Å². The van der Waals surface area contributed by atoms with E-state index in [9.17, 15) is 13.0 Å². The van der Waals surface area contributed by atoms with Crippen LogP contribution in [0, 0.1) is 0 Å². The molecule has 2 aliphatic carbocycles. The Balaban J connectivity index is 0.000000219. The lowest BCUT2D eigenvalue weighted by Gasteiger charge is -1.96. The highest BCUT2D eigenvalue weighted by Gasteiger charge is 2.13. The minimum atomic E-state index is -4.21. The quantitative estimate of drug-likeness (QED) is 0.651. The summed E-state index contributed by atoms with van der Waals surface area (Å²) in [6.45, 7) is 0. The van der Waals surface area contributed by atoms with Crippen LogP contribution in [0.2, 0.25) is 0 Å². The minimum absolute atomic E-state index is 0.0834. The summed E-state index contributed by atoms with van der Waals surface area (Å²) in [5.74, 6) is 0. The molecule has 0 atom stereocenters. The lowest BCUT2D eigenvalue weighted by molar-refractivity contribution is 0.483. The number of hydrazone groups is 1. The molecule has 0 aromatic heterocycles. The molecule has 25 heavy (non-hydrogen) atoms. The van der Waals surface area contributed by atoms with Crippen LogP contribution in [0.15, 0.2) is 87.2 Å². The monoisotopic (exact) mass is 354 g/mol. The van der Waals surface area contributed by atoms with E-state index in [0.717, 1.165) is 21.9 Å². The standard InChI is InChI=1S/C14H10O3S.C3H4N4/c15-18(16,17)12-8-10-4-1-2-6-13(10)14-7-3-5-11(14)9-12;1-2-4-6-7-5-3-1/h1-9H,(H,15,16,17);1-3H,(H,4,7). The van der Waals surface area contributed by atoms with E-state index in [2.05, 4.69) is 21.0 Å². The van der Waals surface area contributed by atoms with Crippen LogP contribution in [0.3, 0.4) is 0 Å². The van der Waals surface area contributed by atoms with E-state index in [1.807, 2.05) is 42.5 Å². The first-order chi connectivity index (χ1) is 12.1. The zero-order valence-corrected chi connectivity index (χ0v) is 13.8. The van der Waals surface area contributed by atoms with E-state index in [-0.39, 0.29) is 4.90 Å². The van der Waals surface area contributed by atoms with E-state index in [4.69, 9.17) is 0 Å². The van der Waals surface area contributed by atoms with Crippen LogP contribution in [0.5, 0.6) is 0 Å². The van der Waals surface area contributed by atoms with Gasteiger partial charge in [-0.3, -0.25) is 4.55 Å². The highest BCUT2D eigenvalue weighted by atomic mass is 32.2.